The van der Waals surface area contributed by atoms with Crippen LogP contribution in [-0.2, 0) is 6.54 Å². The molecule has 0 aliphatic carbocycles. The van der Waals surface area contributed by atoms with Gasteiger partial charge in [-0.1, -0.05) is 17.3 Å². The topological polar surface area (TPSA) is 78.8 Å². The second-order valence-electron chi connectivity index (χ2n) is 5.90. The Morgan fingerprint density at radius 2 is 2.17 bits per heavy atom. The summed E-state index contributed by atoms with van der Waals surface area (Å²) in [4.78, 5) is 10.9. The van der Waals surface area contributed by atoms with E-state index in [0.29, 0.717) is 17.3 Å². The van der Waals surface area contributed by atoms with E-state index >= 15 is 0 Å². The minimum absolute atomic E-state index is 0.266. The van der Waals surface area contributed by atoms with Crippen LogP contribution in [0.15, 0.2) is 53.3 Å². The summed E-state index contributed by atoms with van der Waals surface area (Å²) in [6.45, 7) is 2.59. The van der Waals surface area contributed by atoms with Crippen LogP contribution >= 0.6 is 0 Å². The van der Waals surface area contributed by atoms with Gasteiger partial charge in [-0.15, -0.1) is 0 Å². The maximum absolute atomic E-state index is 8.96. The summed E-state index contributed by atoms with van der Waals surface area (Å²) >= 11 is 0. The second kappa shape index (κ2) is 6.22. The van der Waals surface area contributed by atoms with Gasteiger partial charge >= 0.3 is 0 Å². The van der Waals surface area contributed by atoms with Gasteiger partial charge < -0.3 is 4.52 Å². The van der Waals surface area contributed by atoms with Gasteiger partial charge in [0, 0.05) is 37.6 Å². The Labute approximate surface area is 139 Å². The molecular formula is C18H15N5O. The van der Waals surface area contributed by atoms with Crippen molar-refractivity contribution in [2.24, 2.45) is 0 Å². The van der Waals surface area contributed by atoms with Gasteiger partial charge in [-0.2, -0.15) is 10.2 Å². The SMILES string of the molecule is N#Cc1cccc(CN2CC(c3nc(-c4cccnc4)no3)C2)c1. The highest BCUT2D eigenvalue weighted by molar-refractivity contribution is 5.52. The van der Waals surface area contributed by atoms with Crippen LogP contribution < -0.4 is 0 Å². The lowest BCUT2D eigenvalue weighted by Crippen LogP contribution is -2.44. The lowest BCUT2D eigenvalue weighted by atomic mass is 9.99. The van der Waals surface area contributed by atoms with Crippen molar-refractivity contribution >= 4 is 0 Å². The Bertz CT molecular complexity index is 878. The minimum atomic E-state index is 0.266. The highest BCUT2D eigenvalue weighted by atomic mass is 16.5. The third-order valence-electron chi connectivity index (χ3n) is 4.13. The standard InChI is InChI=1S/C18H15N5O/c19-8-13-3-1-4-14(7-13)10-23-11-16(12-23)18-21-17(22-24-18)15-5-2-6-20-9-15/h1-7,9,16H,10-12H2. The Morgan fingerprint density at radius 1 is 1.25 bits per heavy atom. The van der Waals surface area contributed by atoms with Gasteiger partial charge in [0.25, 0.3) is 0 Å². The van der Waals surface area contributed by atoms with Crippen molar-refractivity contribution in [2.75, 3.05) is 13.1 Å². The van der Waals surface area contributed by atoms with Crippen LogP contribution in [0.1, 0.15) is 22.9 Å². The smallest absolute Gasteiger partial charge is 0.232 e. The molecule has 0 saturated carbocycles. The number of likely N-dealkylation sites (tertiary alicyclic amines) is 1. The molecule has 1 aliphatic heterocycles. The van der Waals surface area contributed by atoms with E-state index in [-0.39, 0.29) is 5.92 Å². The van der Waals surface area contributed by atoms with Crippen molar-refractivity contribution in [1.82, 2.24) is 20.0 Å². The summed E-state index contributed by atoms with van der Waals surface area (Å²) in [5.74, 6) is 1.52. The number of pyridine rings is 1. The molecule has 6 heteroatoms. The number of rotatable bonds is 4. The van der Waals surface area contributed by atoms with E-state index in [1.165, 1.54) is 0 Å². The monoisotopic (exact) mass is 317 g/mol. The molecule has 1 aliphatic rings. The number of nitriles is 1. The minimum Gasteiger partial charge on any atom is -0.339 e. The van der Waals surface area contributed by atoms with Gasteiger partial charge in [-0.3, -0.25) is 9.88 Å². The van der Waals surface area contributed by atoms with Crippen LogP contribution in [-0.4, -0.2) is 33.1 Å². The zero-order valence-corrected chi connectivity index (χ0v) is 13.0. The summed E-state index contributed by atoms with van der Waals surface area (Å²) < 4.78 is 5.40. The molecular weight excluding hydrogens is 302 g/mol. The van der Waals surface area contributed by atoms with Gasteiger partial charge in [-0.25, -0.2) is 0 Å². The summed E-state index contributed by atoms with van der Waals surface area (Å²) in [6.07, 6.45) is 3.44. The van der Waals surface area contributed by atoms with E-state index in [1.807, 2.05) is 36.4 Å². The average molecular weight is 317 g/mol. The molecule has 1 saturated heterocycles. The van der Waals surface area contributed by atoms with Crippen molar-refractivity contribution in [3.8, 4) is 17.5 Å². The summed E-state index contributed by atoms with van der Waals surface area (Å²) in [5, 5.41) is 13.0. The van der Waals surface area contributed by atoms with Gasteiger partial charge in [0.1, 0.15) is 0 Å². The van der Waals surface area contributed by atoms with E-state index in [0.717, 1.165) is 30.8 Å². The first-order valence-electron chi connectivity index (χ1n) is 7.77. The molecule has 0 unspecified atom stereocenters. The van der Waals surface area contributed by atoms with Crippen LogP contribution in [0.3, 0.4) is 0 Å². The Balaban J connectivity index is 1.38. The molecule has 118 valence electrons. The molecule has 4 rings (SSSR count). The van der Waals surface area contributed by atoms with E-state index in [1.54, 1.807) is 12.4 Å². The van der Waals surface area contributed by atoms with Crippen LogP contribution in [0, 0.1) is 11.3 Å². The van der Waals surface area contributed by atoms with Crippen LogP contribution in [0.25, 0.3) is 11.4 Å². The number of benzene rings is 1. The molecule has 2 aromatic heterocycles. The first-order valence-corrected chi connectivity index (χ1v) is 7.77. The zero-order valence-electron chi connectivity index (χ0n) is 13.0. The molecule has 0 amide bonds. The fourth-order valence-corrected chi connectivity index (χ4v) is 2.87. The van der Waals surface area contributed by atoms with Crippen LogP contribution in [0.2, 0.25) is 0 Å². The Kier molecular flexibility index (Phi) is 3.77. The maximum atomic E-state index is 8.96. The largest absolute Gasteiger partial charge is 0.339 e. The fourth-order valence-electron chi connectivity index (χ4n) is 2.87. The quantitative estimate of drug-likeness (QED) is 0.736. The lowest BCUT2D eigenvalue weighted by Gasteiger charge is -2.37. The number of aromatic nitrogens is 3. The van der Waals surface area contributed by atoms with E-state index in [9.17, 15) is 0 Å². The maximum Gasteiger partial charge on any atom is 0.232 e. The van der Waals surface area contributed by atoms with Gasteiger partial charge in [0.2, 0.25) is 11.7 Å². The Hall–Kier alpha value is -3.04. The molecule has 0 spiro atoms. The predicted molar refractivity (Wildman–Crippen MR) is 86.7 cm³/mol. The molecule has 1 fully saturated rings. The summed E-state index contributed by atoms with van der Waals surface area (Å²) in [5.41, 5.74) is 2.70. The molecule has 1 aromatic carbocycles. The highest BCUT2D eigenvalue weighted by Crippen LogP contribution is 2.28. The highest BCUT2D eigenvalue weighted by Gasteiger charge is 2.32. The average Bonchev–Trinajstić information content (AvgIpc) is 3.08. The zero-order chi connectivity index (χ0) is 16.4. The van der Waals surface area contributed by atoms with E-state index in [4.69, 9.17) is 9.78 Å². The molecule has 6 nitrogen and oxygen atoms in total. The van der Waals surface area contributed by atoms with Crippen molar-refractivity contribution < 1.29 is 4.52 Å². The molecule has 0 radical (unpaired) electrons. The number of hydrogen-bond acceptors (Lipinski definition) is 6. The molecule has 3 heterocycles. The van der Waals surface area contributed by atoms with Crippen LogP contribution in [0.5, 0.6) is 0 Å². The second-order valence-corrected chi connectivity index (χ2v) is 5.90. The molecule has 0 N–H and O–H groups in total. The van der Waals surface area contributed by atoms with Gasteiger partial charge in [0.15, 0.2) is 0 Å². The fraction of sp³-hybridized carbons (Fsp3) is 0.222. The molecule has 0 bridgehead atoms. The first-order chi connectivity index (χ1) is 11.8. The van der Waals surface area contributed by atoms with Crippen molar-refractivity contribution in [3.05, 3.63) is 65.8 Å². The molecule has 0 atom stereocenters. The summed E-state index contributed by atoms with van der Waals surface area (Å²) in [6, 6.07) is 13.7. The number of nitrogens with zero attached hydrogens (tertiary/aromatic N) is 5. The van der Waals surface area contributed by atoms with Crippen LogP contribution in [0.4, 0.5) is 0 Å². The third-order valence-corrected chi connectivity index (χ3v) is 4.13. The predicted octanol–water partition coefficient (Wildman–Crippen LogP) is 2.60. The van der Waals surface area contributed by atoms with Crippen molar-refractivity contribution in [3.63, 3.8) is 0 Å². The lowest BCUT2D eigenvalue weighted by molar-refractivity contribution is 0.117. The van der Waals surface area contributed by atoms with E-state index < -0.39 is 0 Å². The van der Waals surface area contributed by atoms with Crippen molar-refractivity contribution in [1.29, 1.82) is 5.26 Å². The van der Waals surface area contributed by atoms with E-state index in [2.05, 4.69) is 26.1 Å². The molecule has 24 heavy (non-hydrogen) atoms. The normalized spacial score (nSPS) is 15.0. The summed E-state index contributed by atoms with van der Waals surface area (Å²) in [7, 11) is 0. The Morgan fingerprint density at radius 3 is 2.96 bits per heavy atom. The van der Waals surface area contributed by atoms with Gasteiger partial charge in [-0.05, 0) is 29.8 Å². The van der Waals surface area contributed by atoms with Crippen molar-refractivity contribution in [2.45, 2.75) is 12.5 Å². The number of hydrogen-bond donors (Lipinski definition) is 0. The molecule has 3 aromatic rings. The third kappa shape index (κ3) is 2.90. The van der Waals surface area contributed by atoms with Gasteiger partial charge in [0.05, 0.1) is 17.6 Å². The first kappa shape index (κ1) is 14.5.